The molecule has 0 aliphatic rings. The Kier molecular flexibility index (Phi) is 5.51. The van der Waals surface area contributed by atoms with Gasteiger partial charge in [-0.3, -0.25) is 10.1 Å². The van der Waals surface area contributed by atoms with E-state index in [2.05, 4.69) is 10.6 Å². The molecule has 0 radical (unpaired) electrons. The number of thioether (sulfide) groups is 1. The highest BCUT2D eigenvalue weighted by Gasteiger charge is 2.08. The standard InChI is InChI=1S/C12H17N3O2S/c1-3-14-12(17)15-11(16)7-18-10-6-8(2)4-5-9(10)13/h4-6H,3,7,13H2,1-2H3,(H2,14,15,16,17). The van der Waals surface area contributed by atoms with Crippen LogP contribution in [0.15, 0.2) is 23.1 Å². The van der Waals surface area contributed by atoms with Crippen molar-refractivity contribution in [3.63, 3.8) is 0 Å². The Morgan fingerprint density at radius 1 is 1.39 bits per heavy atom. The van der Waals surface area contributed by atoms with Crippen LogP contribution in [0, 0.1) is 6.92 Å². The molecule has 6 heteroatoms. The third kappa shape index (κ3) is 4.67. The number of aryl methyl sites for hydroxylation is 1. The number of benzene rings is 1. The number of carbonyl (C=O) groups excluding carboxylic acids is 2. The van der Waals surface area contributed by atoms with Crippen LogP contribution in [0.2, 0.25) is 0 Å². The molecule has 18 heavy (non-hydrogen) atoms. The lowest BCUT2D eigenvalue weighted by molar-refractivity contribution is -0.117. The summed E-state index contributed by atoms with van der Waals surface area (Å²) in [5.74, 6) is -0.183. The quantitative estimate of drug-likeness (QED) is 0.570. The van der Waals surface area contributed by atoms with E-state index in [1.807, 2.05) is 19.1 Å². The van der Waals surface area contributed by atoms with Gasteiger partial charge in [-0.05, 0) is 31.5 Å². The van der Waals surface area contributed by atoms with Crippen LogP contribution in [-0.4, -0.2) is 24.2 Å². The molecule has 0 heterocycles. The average molecular weight is 267 g/mol. The summed E-state index contributed by atoms with van der Waals surface area (Å²) in [6.07, 6.45) is 0. The van der Waals surface area contributed by atoms with Crippen molar-refractivity contribution in [3.8, 4) is 0 Å². The molecule has 1 aromatic carbocycles. The van der Waals surface area contributed by atoms with Gasteiger partial charge in [0, 0.05) is 17.1 Å². The molecule has 4 N–H and O–H groups in total. The first-order valence-electron chi connectivity index (χ1n) is 5.59. The van der Waals surface area contributed by atoms with Gasteiger partial charge in [0.15, 0.2) is 0 Å². The number of hydrogen-bond acceptors (Lipinski definition) is 4. The van der Waals surface area contributed by atoms with E-state index in [0.717, 1.165) is 10.5 Å². The van der Waals surface area contributed by atoms with Gasteiger partial charge < -0.3 is 11.1 Å². The fraction of sp³-hybridized carbons (Fsp3) is 0.333. The Balaban J connectivity index is 2.47. The highest BCUT2D eigenvalue weighted by molar-refractivity contribution is 8.00. The summed E-state index contributed by atoms with van der Waals surface area (Å²) in [6, 6.07) is 5.16. The Hall–Kier alpha value is -1.69. The van der Waals surface area contributed by atoms with Crippen LogP contribution in [0.25, 0.3) is 0 Å². The van der Waals surface area contributed by atoms with Gasteiger partial charge in [0.2, 0.25) is 5.91 Å². The Bertz CT molecular complexity index is 449. The molecule has 1 aromatic rings. The molecule has 0 unspecified atom stereocenters. The van der Waals surface area contributed by atoms with E-state index in [1.54, 1.807) is 13.0 Å². The second-order valence-corrected chi connectivity index (χ2v) is 4.75. The number of nitrogens with two attached hydrogens (primary N) is 1. The Morgan fingerprint density at radius 3 is 2.78 bits per heavy atom. The molecule has 0 fully saturated rings. The van der Waals surface area contributed by atoms with Crippen LogP contribution in [0.4, 0.5) is 10.5 Å². The highest BCUT2D eigenvalue weighted by atomic mass is 32.2. The lowest BCUT2D eigenvalue weighted by atomic mass is 10.2. The van der Waals surface area contributed by atoms with E-state index in [9.17, 15) is 9.59 Å². The number of rotatable bonds is 4. The normalized spacial score (nSPS) is 9.89. The molecular formula is C12H17N3O2S. The minimum atomic E-state index is -0.472. The minimum Gasteiger partial charge on any atom is -0.398 e. The first-order valence-corrected chi connectivity index (χ1v) is 6.58. The van der Waals surface area contributed by atoms with Crippen molar-refractivity contribution in [2.75, 3.05) is 18.0 Å². The summed E-state index contributed by atoms with van der Waals surface area (Å²) in [6.45, 7) is 4.22. The molecule has 0 spiro atoms. The average Bonchev–Trinajstić information content (AvgIpc) is 2.30. The summed E-state index contributed by atoms with van der Waals surface area (Å²) in [7, 11) is 0. The summed E-state index contributed by atoms with van der Waals surface area (Å²) < 4.78 is 0. The maximum absolute atomic E-state index is 11.5. The van der Waals surface area contributed by atoms with E-state index in [4.69, 9.17) is 5.73 Å². The number of anilines is 1. The smallest absolute Gasteiger partial charge is 0.321 e. The van der Waals surface area contributed by atoms with Gasteiger partial charge in [0.05, 0.1) is 5.75 Å². The monoisotopic (exact) mass is 267 g/mol. The molecular weight excluding hydrogens is 250 g/mol. The van der Waals surface area contributed by atoms with E-state index in [1.165, 1.54) is 11.8 Å². The summed E-state index contributed by atoms with van der Waals surface area (Å²) in [5, 5.41) is 4.72. The van der Waals surface area contributed by atoms with Crippen LogP contribution >= 0.6 is 11.8 Å². The van der Waals surface area contributed by atoms with Gasteiger partial charge in [-0.15, -0.1) is 11.8 Å². The van der Waals surface area contributed by atoms with Gasteiger partial charge >= 0.3 is 6.03 Å². The third-order valence-electron chi connectivity index (χ3n) is 2.12. The Labute approximate surface area is 111 Å². The molecule has 0 aliphatic carbocycles. The zero-order valence-corrected chi connectivity index (χ0v) is 11.3. The SMILES string of the molecule is CCNC(=O)NC(=O)CSc1cc(C)ccc1N. The Morgan fingerprint density at radius 2 is 2.11 bits per heavy atom. The number of nitrogen functional groups attached to an aromatic ring is 1. The number of nitrogens with one attached hydrogen (secondary N) is 2. The van der Waals surface area contributed by atoms with Crippen LogP contribution in [0.5, 0.6) is 0 Å². The van der Waals surface area contributed by atoms with Gasteiger partial charge in [0.1, 0.15) is 0 Å². The van der Waals surface area contributed by atoms with Gasteiger partial charge in [-0.25, -0.2) is 4.79 Å². The van der Waals surface area contributed by atoms with Gasteiger partial charge in [-0.1, -0.05) is 6.07 Å². The number of amides is 3. The fourth-order valence-electron chi connectivity index (χ4n) is 1.28. The van der Waals surface area contributed by atoms with E-state index < -0.39 is 6.03 Å². The number of urea groups is 1. The van der Waals surface area contributed by atoms with Crippen molar-refractivity contribution < 1.29 is 9.59 Å². The summed E-state index contributed by atoms with van der Waals surface area (Å²) in [4.78, 5) is 23.4. The van der Waals surface area contributed by atoms with Crippen molar-refractivity contribution in [1.82, 2.24) is 10.6 Å². The number of hydrogen-bond donors (Lipinski definition) is 3. The lowest BCUT2D eigenvalue weighted by Gasteiger charge is -2.07. The lowest BCUT2D eigenvalue weighted by Crippen LogP contribution is -2.40. The van der Waals surface area contributed by atoms with Gasteiger partial charge in [0.25, 0.3) is 0 Å². The van der Waals surface area contributed by atoms with Gasteiger partial charge in [-0.2, -0.15) is 0 Å². The van der Waals surface area contributed by atoms with E-state index in [0.29, 0.717) is 12.2 Å². The van der Waals surface area contributed by atoms with Crippen molar-refractivity contribution in [2.45, 2.75) is 18.7 Å². The molecule has 5 nitrogen and oxygen atoms in total. The first-order chi connectivity index (χ1) is 8.52. The zero-order valence-electron chi connectivity index (χ0n) is 10.4. The van der Waals surface area contributed by atoms with E-state index >= 15 is 0 Å². The molecule has 0 bridgehead atoms. The first kappa shape index (κ1) is 14.4. The van der Waals surface area contributed by atoms with Crippen LogP contribution in [0.3, 0.4) is 0 Å². The minimum absolute atomic E-state index is 0.158. The topological polar surface area (TPSA) is 84.2 Å². The molecule has 0 aliphatic heterocycles. The fourth-order valence-corrected chi connectivity index (χ4v) is 2.14. The molecule has 98 valence electrons. The molecule has 1 rings (SSSR count). The second-order valence-electron chi connectivity index (χ2n) is 3.74. The van der Waals surface area contributed by atoms with Crippen molar-refractivity contribution in [2.24, 2.45) is 0 Å². The zero-order chi connectivity index (χ0) is 13.5. The van der Waals surface area contributed by atoms with Crippen LogP contribution < -0.4 is 16.4 Å². The predicted octanol–water partition coefficient (Wildman–Crippen LogP) is 1.52. The highest BCUT2D eigenvalue weighted by Crippen LogP contribution is 2.25. The molecule has 0 saturated carbocycles. The maximum Gasteiger partial charge on any atom is 0.321 e. The third-order valence-corrected chi connectivity index (χ3v) is 3.19. The van der Waals surface area contributed by atoms with E-state index in [-0.39, 0.29) is 11.7 Å². The maximum atomic E-state index is 11.5. The largest absolute Gasteiger partial charge is 0.398 e. The van der Waals surface area contributed by atoms with Crippen LogP contribution in [-0.2, 0) is 4.79 Å². The van der Waals surface area contributed by atoms with Crippen molar-refractivity contribution in [1.29, 1.82) is 0 Å². The summed E-state index contributed by atoms with van der Waals surface area (Å²) in [5.41, 5.74) is 7.51. The molecule has 3 amide bonds. The number of carbonyl (C=O) groups is 2. The van der Waals surface area contributed by atoms with Crippen LogP contribution in [0.1, 0.15) is 12.5 Å². The van der Waals surface area contributed by atoms with Crippen molar-refractivity contribution >= 4 is 29.4 Å². The summed E-state index contributed by atoms with van der Waals surface area (Å²) >= 11 is 1.31. The van der Waals surface area contributed by atoms with Crippen molar-refractivity contribution in [3.05, 3.63) is 23.8 Å². The predicted molar refractivity (Wildman–Crippen MR) is 73.5 cm³/mol. The molecule has 0 atom stereocenters. The molecule has 0 aromatic heterocycles. The second kappa shape index (κ2) is 6.90. The number of imide groups is 1. The molecule has 0 saturated heterocycles.